The van der Waals surface area contributed by atoms with Crippen molar-refractivity contribution in [3.63, 3.8) is 0 Å². The van der Waals surface area contributed by atoms with Crippen molar-refractivity contribution in [1.29, 1.82) is 0 Å². The summed E-state index contributed by atoms with van der Waals surface area (Å²) in [5.41, 5.74) is 2.67. The average molecular weight is 383 g/mol. The minimum atomic E-state index is 0.734. The van der Waals surface area contributed by atoms with Gasteiger partial charge < -0.3 is 5.32 Å². The summed E-state index contributed by atoms with van der Waals surface area (Å²) in [6.45, 7) is 0.951. The molecule has 3 rings (SSSR count). The maximum absolute atomic E-state index is 5.93. The van der Waals surface area contributed by atoms with Crippen LogP contribution in [-0.2, 0) is 12.3 Å². The first-order chi connectivity index (χ1) is 10.2. The molecule has 0 aromatic heterocycles. The lowest BCUT2D eigenvalue weighted by Gasteiger charge is -2.11. The highest BCUT2D eigenvalue weighted by Crippen LogP contribution is 2.30. The third-order valence-electron chi connectivity index (χ3n) is 3.49. The summed E-state index contributed by atoms with van der Waals surface area (Å²) in [6.07, 6.45) is 2.64. The summed E-state index contributed by atoms with van der Waals surface area (Å²) >= 11 is 11.4. The highest BCUT2D eigenvalue weighted by molar-refractivity contribution is 9.10. The molecule has 4 heteroatoms. The van der Waals surface area contributed by atoms with E-state index in [2.05, 4.69) is 51.6 Å². The second kappa shape index (κ2) is 7.19. The Morgan fingerprint density at radius 3 is 2.62 bits per heavy atom. The third kappa shape index (κ3) is 4.75. The fourth-order valence-electron chi connectivity index (χ4n) is 2.11. The summed E-state index contributed by atoms with van der Waals surface area (Å²) in [5, 5.41) is 4.39. The van der Waals surface area contributed by atoms with Gasteiger partial charge in [-0.25, -0.2) is 0 Å². The van der Waals surface area contributed by atoms with Crippen LogP contribution in [0.1, 0.15) is 24.0 Å². The summed E-state index contributed by atoms with van der Waals surface area (Å²) in [4.78, 5) is 1.35. The summed E-state index contributed by atoms with van der Waals surface area (Å²) in [7, 11) is 0. The van der Waals surface area contributed by atoms with E-state index in [4.69, 9.17) is 11.6 Å². The molecular formula is C17H17BrClNS. The van der Waals surface area contributed by atoms with E-state index in [1.807, 2.05) is 23.9 Å². The van der Waals surface area contributed by atoms with E-state index in [-0.39, 0.29) is 0 Å². The first-order valence-electron chi connectivity index (χ1n) is 7.10. The second-order valence-corrected chi connectivity index (χ2v) is 7.69. The van der Waals surface area contributed by atoms with E-state index in [1.54, 1.807) is 0 Å². The maximum atomic E-state index is 5.93. The molecular weight excluding hydrogens is 366 g/mol. The summed E-state index contributed by atoms with van der Waals surface area (Å²) < 4.78 is 1.14. The van der Waals surface area contributed by atoms with Gasteiger partial charge in [0.2, 0.25) is 0 Å². The van der Waals surface area contributed by atoms with Crippen LogP contribution in [0.2, 0.25) is 5.02 Å². The van der Waals surface area contributed by atoms with Gasteiger partial charge in [-0.05, 0) is 54.3 Å². The van der Waals surface area contributed by atoms with Crippen molar-refractivity contribution < 1.29 is 0 Å². The van der Waals surface area contributed by atoms with Crippen LogP contribution < -0.4 is 5.32 Å². The van der Waals surface area contributed by atoms with Crippen LogP contribution in [0, 0.1) is 0 Å². The van der Waals surface area contributed by atoms with E-state index in [1.165, 1.54) is 28.9 Å². The Kier molecular flexibility index (Phi) is 5.28. The first-order valence-corrected chi connectivity index (χ1v) is 9.25. The molecule has 1 aliphatic rings. The largest absolute Gasteiger partial charge is 0.310 e. The molecule has 0 radical (unpaired) electrons. The molecule has 0 amide bonds. The van der Waals surface area contributed by atoms with Gasteiger partial charge in [0.15, 0.2) is 0 Å². The summed E-state index contributed by atoms with van der Waals surface area (Å²) in [5.74, 6) is 0.967. The quantitative estimate of drug-likeness (QED) is 0.648. The highest BCUT2D eigenvalue weighted by atomic mass is 79.9. The molecule has 0 saturated heterocycles. The lowest BCUT2D eigenvalue weighted by molar-refractivity contribution is 0.680. The Morgan fingerprint density at radius 2 is 1.90 bits per heavy atom. The Hall–Kier alpha value is -0.480. The molecule has 0 bridgehead atoms. The zero-order valence-corrected chi connectivity index (χ0v) is 14.8. The first kappa shape index (κ1) is 15.4. The predicted molar refractivity (Wildman–Crippen MR) is 95.0 cm³/mol. The van der Waals surface area contributed by atoms with Gasteiger partial charge in [-0.15, -0.1) is 11.8 Å². The zero-order valence-electron chi connectivity index (χ0n) is 11.6. The number of thioether (sulfide) groups is 1. The number of rotatable bonds is 6. The fraction of sp³-hybridized carbons (Fsp3) is 0.294. The van der Waals surface area contributed by atoms with E-state index < -0.39 is 0 Å². The Balaban J connectivity index is 1.66. The van der Waals surface area contributed by atoms with Gasteiger partial charge in [0.1, 0.15) is 0 Å². The van der Waals surface area contributed by atoms with Crippen molar-refractivity contribution in [2.45, 2.75) is 36.1 Å². The van der Waals surface area contributed by atoms with E-state index in [9.17, 15) is 0 Å². The number of hydrogen-bond acceptors (Lipinski definition) is 2. The molecule has 0 aliphatic heterocycles. The number of hydrogen-bond donors (Lipinski definition) is 1. The van der Waals surface area contributed by atoms with Gasteiger partial charge in [0.05, 0.1) is 0 Å². The Morgan fingerprint density at radius 1 is 1.14 bits per heavy atom. The minimum Gasteiger partial charge on any atom is -0.310 e. The van der Waals surface area contributed by atoms with Gasteiger partial charge in [0, 0.05) is 32.7 Å². The highest BCUT2D eigenvalue weighted by Gasteiger charge is 2.20. The fourth-order valence-corrected chi connectivity index (χ4v) is 3.64. The standard InChI is InChI=1S/C17H17BrClNS/c18-14-3-8-17(13(9-14)10-20-16-6-7-16)21-11-12-1-4-15(19)5-2-12/h1-5,8-9,16,20H,6-7,10-11H2. The van der Waals surface area contributed by atoms with Gasteiger partial charge in [-0.2, -0.15) is 0 Å². The lowest BCUT2D eigenvalue weighted by Crippen LogP contribution is -2.15. The van der Waals surface area contributed by atoms with Crippen LogP contribution in [0.4, 0.5) is 0 Å². The van der Waals surface area contributed by atoms with Crippen LogP contribution in [-0.4, -0.2) is 6.04 Å². The smallest absolute Gasteiger partial charge is 0.0406 e. The van der Waals surface area contributed by atoms with Crippen LogP contribution in [0.3, 0.4) is 0 Å². The third-order valence-corrected chi connectivity index (χ3v) is 5.42. The molecule has 0 atom stereocenters. The Labute approximate surface area is 143 Å². The van der Waals surface area contributed by atoms with Crippen molar-refractivity contribution >= 4 is 39.3 Å². The normalized spacial score (nSPS) is 14.4. The SMILES string of the molecule is Clc1ccc(CSc2ccc(Br)cc2CNC2CC2)cc1. The van der Waals surface area contributed by atoms with Crippen molar-refractivity contribution in [1.82, 2.24) is 5.32 Å². The van der Waals surface area contributed by atoms with Crippen molar-refractivity contribution in [3.05, 3.63) is 63.1 Å². The van der Waals surface area contributed by atoms with E-state index in [0.29, 0.717) is 0 Å². The Bertz CT molecular complexity index is 611. The topological polar surface area (TPSA) is 12.0 Å². The van der Waals surface area contributed by atoms with Gasteiger partial charge >= 0.3 is 0 Å². The second-order valence-electron chi connectivity index (χ2n) is 5.32. The van der Waals surface area contributed by atoms with Gasteiger partial charge in [-0.1, -0.05) is 39.7 Å². The predicted octanol–water partition coefficient (Wildman–Crippen LogP) is 5.65. The average Bonchev–Trinajstić information content (AvgIpc) is 3.30. The minimum absolute atomic E-state index is 0.734. The van der Waals surface area contributed by atoms with Gasteiger partial charge in [0.25, 0.3) is 0 Å². The van der Waals surface area contributed by atoms with Crippen LogP contribution >= 0.6 is 39.3 Å². The van der Waals surface area contributed by atoms with E-state index in [0.717, 1.165) is 27.8 Å². The van der Waals surface area contributed by atoms with Crippen LogP contribution in [0.15, 0.2) is 51.8 Å². The molecule has 1 aliphatic carbocycles. The number of halogens is 2. The molecule has 1 saturated carbocycles. The maximum Gasteiger partial charge on any atom is 0.0406 e. The molecule has 0 heterocycles. The van der Waals surface area contributed by atoms with Crippen molar-refractivity contribution in [2.24, 2.45) is 0 Å². The van der Waals surface area contributed by atoms with Crippen LogP contribution in [0.25, 0.3) is 0 Å². The molecule has 21 heavy (non-hydrogen) atoms. The zero-order chi connectivity index (χ0) is 14.7. The molecule has 1 N–H and O–H groups in total. The van der Waals surface area contributed by atoms with Gasteiger partial charge in [-0.3, -0.25) is 0 Å². The molecule has 0 unspecified atom stereocenters. The molecule has 2 aromatic rings. The van der Waals surface area contributed by atoms with E-state index >= 15 is 0 Å². The molecule has 0 spiro atoms. The van der Waals surface area contributed by atoms with Crippen molar-refractivity contribution in [3.8, 4) is 0 Å². The molecule has 110 valence electrons. The summed E-state index contributed by atoms with van der Waals surface area (Å²) in [6, 6.07) is 15.4. The molecule has 1 fully saturated rings. The molecule has 1 nitrogen and oxygen atoms in total. The number of benzene rings is 2. The number of nitrogens with one attached hydrogen (secondary N) is 1. The lowest BCUT2D eigenvalue weighted by atomic mass is 10.2. The van der Waals surface area contributed by atoms with Crippen LogP contribution in [0.5, 0.6) is 0 Å². The van der Waals surface area contributed by atoms with Crippen molar-refractivity contribution in [2.75, 3.05) is 0 Å². The molecule has 2 aromatic carbocycles. The monoisotopic (exact) mass is 381 g/mol.